The predicted molar refractivity (Wildman–Crippen MR) is 86.2 cm³/mol. The van der Waals surface area contributed by atoms with Crippen LogP contribution in [0.2, 0.25) is 0 Å². The smallest absolute Gasteiger partial charge is 0.307 e. The van der Waals surface area contributed by atoms with Crippen molar-refractivity contribution in [3.05, 3.63) is 54.1 Å². The minimum Gasteiger partial charge on any atom is -0.494 e. The molecule has 2 aromatic carbocycles. The van der Waals surface area contributed by atoms with Crippen molar-refractivity contribution in [1.82, 2.24) is 4.98 Å². The molecule has 4 heteroatoms. The van der Waals surface area contributed by atoms with Gasteiger partial charge < -0.3 is 14.8 Å². The highest BCUT2D eigenvalue weighted by molar-refractivity contribution is 5.94. The number of aliphatic carboxylic acids is 1. The molecule has 0 spiro atoms. The number of carboxylic acid groups (broad SMARTS) is 1. The molecule has 1 heterocycles. The summed E-state index contributed by atoms with van der Waals surface area (Å²) in [5.74, 6) is -0.0631. The number of carboxylic acids is 1. The van der Waals surface area contributed by atoms with E-state index < -0.39 is 5.97 Å². The Labute approximate surface area is 128 Å². The van der Waals surface area contributed by atoms with Gasteiger partial charge in [-0.3, -0.25) is 4.79 Å². The van der Waals surface area contributed by atoms with Crippen LogP contribution in [-0.4, -0.2) is 22.7 Å². The molecule has 0 radical (unpaired) electrons. The largest absolute Gasteiger partial charge is 0.494 e. The number of ether oxygens (including phenoxy) is 1. The molecule has 2 N–H and O–H groups in total. The van der Waals surface area contributed by atoms with Crippen LogP contribution in [0.5, 0.6) is 5.75 Å². The van der Waals surface area contributed by atoms with E-state index in [0.29, 0.717) is 6.61 Å². The van der Waals surface area contributed by atoms with E-state index in [1.165, 1.54) is 0 Å². The number of carbonyl (C=O) groups is 1. The number of hydrogen-bond acceptors (Lipinski definition) is 2. The van der Waals surface area contributed by atoms with E-state index in [2.05, 4.69) is 4.98 Å². The Morgan fingerprint density at radius 3 is 2.77 bits per heavy atom. The van der Waals surface area contributed by atoms with E-state index in [9.17, 15) is 9.90 Å². The Bertz CT molecular complexity index is 820. The molecule has 4 nitrogen and oxygen atoms in total. The van der Waals surface area contributed by atoms with Gasteiger partial charge in [0.15, 0.2) is 0 Å². The Hall–Kier alpha value is -2.75. The van der Waals surface area contributed by atoms with E-state index >= 15 is 0 Å². The number of aromatic amines is 1. The minimum atomic E-state index is -0.841. The molecule has 3 aromatic rings. The zero-order valence-corrected chi connectivity index (χ0v) is 12.3. The van der Waals surface area contributed by atoms with Crippen molar-refractivity contribution in [2.24, 2.45) is 0 Å². The maximum atomic E-state index is 11.2. The second-order valence-electron chi connectivity index (χ2n) is 5.06. The lowest BCUT2D eigenvalue weighted by Crippen LogP contribution is -2.01. The van der Waals surface area contributed by atoms with E-state index in [1.54, 1.807) is 0 Å². The van der Waals surface area contributed by atoms with Gasteiger partial charge in [-0.2, -0.15) is 0 Å². The van der Waals surface area contributed by atoms with E-state index in [-0.39, 0.29) is 6.42 Å². The molecular formula is C18H17NO3. The number of para-hydroxylation sites is 1. The van der Waals surface area contributed by atoms with Crippen LogP contribution in [0.1, 0.15) is 12.5 Å². The Morgan fingerprint density at radius 1 is 1.18 bits per heavy atom. The van der Waals surface area contributed by atoms with Gasteiger partial charge in [0.25, 0.3) is 0 Å². The molecule has 0 fully saturated rings. The highest BCUT2D eigenvalue weighted by Crippen LogP contribution is 2.32. The number of nitrogens with one attached hydrogen (secondary N) is 1. The normalized spacial score (nSPS) is 10.8. The lowest BCUT2D eigenvalue weighted by atomic mass is 10.0. The number of fused-ring (bicyclic) bond motifs is 1. The summed E-state index contributed by atoms with van der Waals surface area (Å²) >= 11 is 0. The molecule has 0 atom stereocenters. The van der Waals surface area contributed by atoms with Crippen molar-refractivity contribution in [1.29, 1.82) is 0 Å². The maximum Gasteiger partial charge on any atom is 0.307 e. The molecule has 0 bridgehead atoms. The summed E-state index contributed by atoms with van der Waals surface area (Å²) in [5.41, 5.74) is 3.51. The molecular weight excluding hydrogens is 278 g/mol. The Kier molecular flexibility index (Phi) is 3.83. The highest BCUT2D eigenvalue weighted by Gasteiger charge is 2.15. The molecule has 112 valence electrons. The van der Waals surface area contributed by atoms with Crippen molar-refractivity contribution in [2.75, 3.05) is 6.61 Å². The van der Waals surface area contributed by atoms with Gasteiger partial charge in [-0.25, -0.2) is 0 Å². The lowest BCUT2D eigenvalue weighted by Gasteiger charge is -2.07. The average Bonchev–Trinajstić information content (AvgIpc) is 2.86. The number of H-pyrrole nitrogens is 1. The topological polar surface area (TPSA) is 62.3 Å². The third-order valence-corrected chi connectivity index (χ3v) is 3.58. The van der Waals surface area contributed by atoms with Gasteiger partial charge in [0.1, 0.15) is 5.75 Å². The lowest BCUT2D eigenvalue weighted by molar-refractivity contribution is -0.136. The summed E-state index contributed by atoms with van der Waals surface area (Å²) in [4.78, 5) is 14.6. The molecule has 22 heavy (non-hydrogen) atoms. The van der Waals surface area contributed by atoms with Crippen LogP contribution in [-0.2, 0) is 11.2 Å². The molecule has 0 saturated heterocycles. The molecule has 0 aliphatic carbocycles. The number of rotatable bonds is 5. The first-order valence-corrected chi connectivity index (χ1v) is 7.23. The summed E-state index contributed by atoms with van der Waals surface area (Å²) in [6.07, 6.45) is -0.0157. The molecule has 1 aromatic heterocycles. The van der Waals surface area contributed by atoms with Crippen LogP contribution in [0.3, 0.4) is 0 Å². The standard InChI is InChI=1S/C18H17NO3/c1-2-22-13-7-5-6-12(10-13)18-15(11-17(20)21)14-8-3-4-9-16(14)19-18/h3-10,19H,2,11H2,1H3,(H,20,21). The van der Waals surface area contributed by atoms with Gasteiger partial charge in [-0.1, -0.05) is 30.3 Å². The third kappa shape index (κ3) is 2.68. The number of aromatic nitrogens is 1. The Morgan fingerprint density at radius 2 is 2.00 bits per heavy atom. The predicted octanol–water partition coefficient (Wildman–Crippen LogP) is 3.86. The zero-order chi connectivity index (χ0) is 15.5. The van der Waals surface area contributed by atoms with Gasteiger partial charge >= 0.3 is 5.97 Å². The molecule has 0 unspecified atom stereocenters. The van der Waals surface area contributed by atoms with E-state index in [0.717, 1.165) is 33.5 Å². The molecule has 0 aliphatic rings. The minimum absolute atomic E-state index is 0.0157. The summed E-state index contributed by atoms with van der Waals surface area (Å²) in [5, 5.41) is 10.2. The van der Waals surface area contributed by atoms with Gasteiger partial charge in [0.2, 0.25) is 0 Å². The number of benzene rings is 2. The summed E-state index contributed by atoms with van der Waals surface area (Å²) in [7, 11) is 0. The average molecular weight is 295 g/mol. The van der Waals surface area contributed by atoms with Crippen LogP contribution in [0.4, 0.5) is 0 Å². The fourth-order valence-corrected chi connectivity index (χ4v) is 2.69. The van der Waals surface area contributed by atoms with Crippen molar-refractivity contribution in [2.45, 2.75) is 13.3 Å². The fourth-order valence-electron chi connectivity index (χ4n) is 2.69. The molecule has 0 saturated carbocycles. The molecule has 0 amide bonds. The molecule has 0 aliphatic heterocycles. The van der Waals surface area contributed by atoms with Gasteiger partial charge in [-0.05, 0) is 30.7 Å². The monoisotopic (exact) mass is 295 g/mol. The second-order valence-corrected chi connectivity index (χ2v) is 5.06. The van der Waals surface area contributed by atoms with Crippen molar-refractivity contribution in [3.63, 3.8) is 0 Å². The SMILES string of the molecule is CCOc1cccc(-c2[nH]c3ccccc3c2CC(=O)O)c1. The van der Waals surface area contributed by atoms with Crippen LogP contribution in [0.25, 0.3) is 22.2 Å². The van der Waals surface area contributed by atoms with Crippen LogP contribution >= 0.6 is 0 Å². The second kappa shape index (κ2) is 5.93. The van der Waals surface area contributed by atoms with Crippen molar-refractivity contribution in [3.8, 4) is 17.0 Å². The van der Waals surface area contributed by atoms with E-state index in [4.69, 9.17) is 4.74 Å². The van der Waals surface area contributed by atoms with Crippen LogP contribution < -0.4 is 4.74 Å². The number of hydrogen-bond donors (Lipinski definition) is 2. The van der Waals surface area contributed by atoms with Crippen molar-refractivity contribution >= 4 is 16.9 Å². The van der Waals surface area contributed by atoms with E-state index in [1.807, 2.05) is 55.5 Å². The molecule has 3 rings (SSSR count). The Balaban J connectivity index is 2.16. The zero-order valence-electron chi connectivity index (χ0n) is 12.3. The van der Waals surface area contributed by atoms with Crippen molar-refractivity contribution < 1.29 is 14.6 Å². The van der Waals surface area contributed by atoms with Gasteiger partial charge in [-0.15, -0.1) is 0 Å². The highest BCUT2D eigenvalue weighted by atomic mass is 16.5. The quantitative estimate of drug-likeness (QED) is 0.751. The van der Waals surface area contributed by atoms with Crippen LogP contribution in [0, 0.1) is 0 Å². The first-order valence-electron chi connectivity index (χ1n) is 7.23. The van der Waals surface area contributed by atoms with Gasteiger partial charge in [0, 0.05) is 16.5 Å². The summed E-state index contributed by atoms with van der Waals surface area (Å²) in [6, 6.07) is 15.4. The summed E-state index contributed by atoms with van der Waals surface area (Å²) < 4.78 is 5.53. The van der Waals surface area contributed by atoms with Gasteiger partial charge in [0.05, 0.1) is 18.7 Å². The van der Waals surface area contributed by atoms with Crippen LogP contribution in [0.15, 0.2) is 48.5 Å². The first-order chi connectivity index (χ1) is 10.7. The third-order valence-electron chi connectivity index (χ3n) is 3.58. The first kappa shape index (κ1) is 14.2. The summed E-state index contributed by atoms with van der Waals surface area (Å²) in [6.45, 7) is 2.53. The fraction of sp³-hybridized carbons (Fsp3) is 0.167. The maximum absolute atomic E-state index is 11.2.